The zero-order chi connectivity index (χ0) is 11.6. The lowest BCUT2D eigenvalue weighted by atomic mass is 10.1. The van der Waals surface area contributed by atoms with E-state index in [-0.39, 0.29) is 5.02 Å². The maximum absolute atomic E-state index is 12.4. The number of rotatable bonds is 1. The monoisotopic (exact) mass is 238 g/mol. The molecule has 7 heteroatoms. The zero-order valence-electron chi connectivity index (χ0n) is 7.23. The summed E-state index contributed by atoms with van der Waals surface area (Å²) >= 11 is 5.49. The molecule has 0 saturated heterocycles. The second-order valence-corrected chi connectivity index (χ2v) is 3.11. The van der Waals surface area contributed by atoms with E-state index in [4.69, 9.17) is 17.3 Å². The van der Waals surface area contributed by atoms with Crippen LogP contribution in [0.4, 0.5) is 23.7 Å². The molecule has 0 spiro atoms. The van der Waals surface area contributed by atoms with Crippen molar-refractivity contribution in [1.29, 1.82) is 0 Å². The van der Waals surface area contributed by atoms with Crippen molar-refractivity contribution in [2.24, 2.45) is 5.73 Å². The number of alkyl halides is 3. The van der Waals surface area contributed by atoms with Crippen molar-refractivity contribution in [3.8, 4) is 0 Å². The van der Waals surface area contributed by atoms with Crippen molar-refractivity contribution in [3.63, 3.8) is 0 Å². The first kappa shape index (κ1) is 11.6. The van der Waals surface area contributed by atoms with E-state index in [1.54, 1.807) is 0 Å². The van der Waals surface area contributed by atoms with Crippen LogP contribution >= 0.6 is 11.6 Å². The SMILES string of the molecule is NC(=O)Nc1cc(Cl)ccc1C(F)(F)F. The van der Waals surface area contributed by atoms with E-state index in [0.717, 1.165) is 18.2 Å². The van der Waals surface area contributed by atoms with Gasteiger partial charge in [-0.05, 0) is 18.2 Å². The number of halogens is 4. The summed E-state index contributed by atoms with van der Waals surface area (Å²) in [5.74, 6) is 0. The summed E-state index contributed by atoms with van der Waals surface area (Å²) in [5.41, 5.74) is 3.28. The predicted octanol–water partition coefficient (Wildman–Crippen LogP) is 2.85. The average molecular weight is 239 g/mol. The van der Waals surface area contributed by atoms with Gasteiger partial charge in [0.25, 0.3) is 0 Å². The van der Waals surface area contributed by atoms with Crippen molar-refractivity contribution in [2.75, 3.05) is 5.32 Å². The smallest absolute Gasteiger partial charge is 0.351 e. The fraction of sp³-hybridized carbons (Fsp3) is 0.125. The van der Waals surface area contributed by atoms with Gasteiger partial charge in [-0.15, -0.1) is 0 Å². The zero-order valence-corrected chi connectivity index (χ0v) is 7.99. The van der Waals surface area contributed by atoms with Crippen LogP contribution in [0.25, 0.3) is 0 Å². The van der Waals surface area contributed by atoms with E-state index in [9.17, 15) is 18.0 Å². The third kappa shape index (κ3) is 3.02. The highest BCUT2D eigenvalue weighted by molar-refractivity contribution is 6.31. The molecule has 1 aromatic carbocycles. The van der Waals surface area contributed by atoms with Gasteiger partial charge in [0, 0.05) is 5.02 Å². The quantitative estimate of drug-likeness (QED) is 0.777. The van der Waals surface area contributed by atoms with Gasteiger partial charge in [0.2, 0.25) is 0 Å². The average Bonchev–Trinajstić information content (AvgIpc) is 1.99. The summed E-state index contributed by atoms with van der Waals surface area (Å²) < 4.78 is 37.2. The topological polar surface area (TPSA) is 55.1 Å². The molecule has 15 heavy (non-hydrogen) atoms. The van der Waals surface area contributed by atoms with Crippen LogP contribution in [0, 0.1) is 0 Å². The van der Waals surface area contributed by atoms with Crippen molar-refractivity contribution >= 4 is 23.3 Å². The van der Waals surface area contributed by atoms with E-state index in [1.807, 2.05) is 5.32 Å². The Labute approximate surface area is 88.0 Å². The fourth-order valence-corrected chi connectivity index (χ4v) is 1.17. The highest BCUT2D eigenvalue weighted by Crippen LogP contribution is 2.36. The summed E-state index contributed by atoms with van der Waals surface area (Å²) in [4.78, 5) is 10.5. The van der Waals surface area contributed by atoms with E-state index >= 15 is 0 Å². The molecule has 0 fully saturated rings. The lowest BCUT2D eigenvalue weighted by molar-refractivity contribution is -0.136. The van der Waals surface area contributed by atoms with E-state index in [1.165, 1.54) is 0 Å². The summed E-state index contributed by atoms with van der Waals surface area (Å²) in [6.45, 7) is 0. The number of primary amides is 1. The Kier molecular flexibility index (Phi) is 3.09. The molecule has 0 aromatic heterocycles. The van der Waals surface area contributed by atoms with Gasteiger partial charge in [-0.25, -0.2) is 4.79 Å². The maximum Gasteiger partial charge on any atom is 0.418 e. The first-order chi connectivity index (χ1) is 6.80. The molecule has 0 aliphatic heterocycles. The van der Waals surface area contributed by atoms with Crippen LogP contribution in [0.1, 0.15) is 5.56 Å². The summed E-state index contributed by atoms with van der Waals surface area (Å²) in [5, 5.41) is 1.93. The summed E-state index contributed by atoms with van der Waals surface area (Å²) in [7, 11) is 0. The second-order valence-electron chi connectivity index (χ2n) is 2.68. The van der Waals surface area contributed by atoms with Crippen molar-refractivity contribution in [2.45, 2.75) is 6.18 Å². The number of amides is 2. The number of carbonyl (C=O) groups excluding carboxylic acids is 1. The minimum absolute atomic E-state index is 0.0757. The molecular formula is C8H6ClF3N2O. The molecule has 82 valence electrons. The molecule has 0 heterocycles. The molecule has 3 nitrogen and oxygen atoms in total. The highest BCUT2D eigenvalue weighted by atomic mass is 35.5. The van der Waals surface area contributed by atoms with Crippen molar-refractivity contribution < 1.29 is 18.0 Å². The maximum atomic E-state index is 12.4. The number of carbonyl (C=O) groups is 1. The fourth-order valence-electron chi connectivity index (χ4n) is 1.000. The lowest BCUT2D eigenvalue weighted by Crippen LogP contribution is -2.21. The molecular weight excluding hydrogens is 233 g/mol. The minimum atomic E-state index is -4.57. The number of hydrogen-bond acceptors (Lipinski definition) is 1. The molecule has 0 bridgehead atoms. The third-order valence-electron chi connectivity index (χ3n) is 1.54. The number of anilines is 1. The summed E-state index contributed by atoms with van der Waals surface area (Å²) in [6, 6.07) is 1.75. The van der Waals surface area contributed by atoms with Gasteiger partial charge in [-0.1, -0.05) is 11.6 Å². The van der Waals surface area contributed by atoms with Gasteiger partial charge in [0.1, 0.15) is 0 Å². The Morgan fingerprint density at radius 3 is 2.47 bits per heavy atom. The number of nitrogens with one attached hydrogen (secondary N) is 1. The number of urea groups is 1. The van der Waals surface area contributed by atoms with Crippen molar-refractivity contribution in [3.05, 3.63) is 28.8 Å². The van der Waals surface area contributed by atoms with Crippen LogP contribution in [0.2, 0.25) is 5.02 Å². The van der Waals surface area contributed by atoms with Crippen LogP contribution < -0.4 is 11.1 Å². The Morgan fingerprint density at radius 2 is 2.00 bits per heavy atom. The van der Waals surface area contributed by atoms with Gasteiger partial charge in [-0.3, -0.25) is 0 Å². The van der Waals surface area contributed by atoms with Crippen LogP contribution in [-0.4, -0.2) is 6.03 Å². The Bertz CT molecular complexity index is 392. The molecule has 0 radical (unpaired) electrons. The Balaban J connectivity index is 3.20. The van der Waals surface area contributed by atoms with Crippen LogP contribution in [0.3, 0.4) is 0 Å². The summed E-state index contributed by atoms with van der Waals surface area (Å²) in [6.07, 6.45) is -4.57. The second kappa shape index (κ2) is 3.98. The third-order valence-corrected chi connectivity index (χ3v) is 1.78. The van der Waals surface area contributed by atoms with Gasteiger partial charge < -0.3 is 11.1 Å². The predicted molar refractivity (Wildman–Crippen MR) is 49.7 cm³/mol. The normalized spacial score (nSPS) is 11.2. The van der Waals surface area contributed by atoms with Gasteiger partial charge in [0.05, 0.1) is 11.3 Å². The first-order valence-electron chi connectivity index (χ1n) is 3.74. The van der Waals surface area contributed by atoms with E-state index < -0.39 is 23.5 Å². The molecule has 0 aliphatic rings. The molecule has 0 unspecified atom stereocenters. The standard InChI is InChI=1S/C8H6ClF3N2O/c9-4-1-2-5(8(10,11)12)6(3-4)14-7(13)15/h1-3H,(H3,13,14,15). The Hall–Kier alpha value is -1.43. The lowest BCUT2D eigenvalue weighted by Gasteiger charge is -2.12. The highest BCUT2D eigenvalue weighted by Gasteiger charge is 2.33. The van der Waals surface area contributed by atoms with Crippen LogP contribution in [0.15, 0.2) is 18.2 Å². The number of hydrogen-bond donors (Lipinski definition) is 2. The molecule has 1 aromatic rings. The minimum Gasteiger partial charge on any atom is -0.351 e. The van der Waals surface area contributed by atoms with Crippen LogP contribution in [0.5, 0.6) is 0 Å². The molecule has 0 aliphatic carbocycles. The Morgan fingerprint density at radius 1 is 1.40 bits per heavy atom. The van der Waals surface area contributed by atoms with Gasteiger partial charge in [-0.2, -0.15) is 13.2 Å². The molecule has 0 saturated carbocycles. The number of nitrogens with two attached hydrogens (primary N) is 1. The largest absolute Gasteiger partial charge is 0.418 e. The van der Waals surface area contributed by atoms with Gasteiger partial charge >= 0.3 is 12.2 Å². The molecule has 0 atom stereocenters. The van der Waals surface area contributed by atoms with E-state index in [0.29, 0.717) is 0 Å². The molecule has 1 rings (SSSR count). The molecule has 3 N–H and O–H groups in total. The first-order valence-corrected chi connectivity index (χ1v) is 4.11. The molecule has 2 amide bonds. The van der Waals surface area contributed by atoms with Crippen molar-refractivity contribution in [1.82, 2.24) is 0 Å². The number of benzene rings is 1. The van der Waals surface area contributed by atoms with Crippen LogP contribution in [-0.2, 0) is 6.18 Å². The van der Waals surface area contributed by atoms with Gasteiger partial charge in [0.15, 0.2) is 0 Å². The van der Waals surface area contributed by atoms with E-state index in [2.05, 4.69) is 0 Å².